The SMILES string of the molecule is COc1ccc(OCCC(=O)NCc2ccn[nH]2)cc1. The zero-order valence-electron chi connectivity index (χ0n) is 11.3. The molecule has 0 bridgehead atoms. The Morgan fingerprint density at radius 3 is 2.65 bits per heavy atom. The average molecular weight is 275 g/mol. The second-order valence-corrected chi connectivity index (χ2v) is 4.13. The molecule has 1 amide bonds. The smallest absolute Gasteiger partial charge is 0.223 e. The number of methoxy groups -OCH3 is 1. The molecule has 0 aliphatic heterocycles. The van der Waals surface area contributed by atoms with Gasteiger partial charge in [-0.25, -0.2) is 0 Å². The molecule has 106 valence electrons. The first-order valence-corrected chi connectivity index (χ1v) is 6.30. The summed E-state index contributed by atoms with van der Waals surface area (Å²) in [6.07, 6.45) is 1.95. The van der Waals surface area contributed by atoms with Crippen LogP contribution in [0, 0.1) is 0 Å². The van der Waals surface area contributed by atoms with Gasteiger partial charge in [0, 0.05) is 6.20 Å². The van der Waals surface area contributed by atoms with E-state index in [1.54, 1.807) is 25.4 Å². The highest BCUT2D eigenvalue weighted by Crippen LogP contribution is 2.16. The Kier molecular flexibility index (Phi) is 5.00. The quantitative estimate of drug-likeness (QED) is 0.803. The molecular weight excluding hydrogens is 258 g/mol. The van der Waals surface area contributed by atoms with E-state index in [0.717, 1.165) is 11.4 Å². The normalized spacial score (nSPS) is 10.1. The highest BCUT2D eigenvalue weighted by atomic mass is 16.5. The number of ether oxygens (including phenoxy) is 2. The molecule has 2 N–H and O–H groups in total. The standard InChI is InChI=1S/C14H17N3O3/c1-19-12-2-4-13(5-3-12)20-9-7-14(18)15-10-11-6-8-16-17-11/h2-6,8H,7,9-10H2,1H3,(H,15,18)(H,16,17). The number of rotatable bonds is 7. The van der Waals surface area contributed by atoms with E-state index in [-0.39, 0.29) is 5.91 Å². The zero-order valence-corrected chi connectivity index (χ0v) is 11.3. The second-order valence-electron chi connectivity index (χ2n) is 4.13. The number of H-pyrrole nitrogens is 1. The molecule has 0 aliphatic carbocycles. The van der Waals surface area contributed by atoms with Gasteiger partial charge in [0.25, 0.3) is 0 Å². The van der Waals surface area contributed by atoms with E-state index in [1.807, 2.05) is 18.2 Å². The Balaban J connectivity index is 1.65. The van der Waals surface area contributed by atoms with Crippen LogP contribution in [0.15, 0.2) is 36.5 Å². The molecule has 6 heteroatoms. The van der Waals surface area contributed by atoms with Gasteiger partial charge in [0.2, 0.25) is 5.91 Å². The monoisotopic (exact) mass is 275 g/mol. The topological polar surface area (TPSA) is 76.2 Å². The highest BCUT2D eigenvalue weighted by molar-refractivity contribution is 5.75. The fourth-order valence-electron chi connectivity index (χ4n) is 1.60. The van der Waals surface area contributed by atoms with Crippen LogP contribution in [0.5, 0.6) is 11.5 Å². The van der Waals surface area contributed by atoms with Crippen LogP contribution in [0.4, 0.5) is 0 Å². The molecule has 1 aromatic carbocycles. The van der Waals surface area contributed by atoms with Gasteiger partial charge in [-0.2, -0.15) is 5.10 Å². The third kappa shape index (κ3) is 4.31. The fraction of sp³-hybridized carbons (Fsp3) is 0.286. The van der Waals surface area contributed by atoms with Gasteiger partial charge in [-0.1, -0.05) is 0 Å². The average Bonchev–Trinajstić information content (AvgIpc) is 2.99. The lowest BCUT2D eigenvalue weighted by molar-refractivity contribution is -0.121. The van der Waals surface area contributed by atoms with Crippen LogP contribution >= 0.6 is 0 Å². The summed E-state index contributed by atoms with van der Waals surface area (Å²) >= 11 is 0. The summed E-state index contributed by atoms with van der Waals surface area (Å²) < 4.78 is 10.5. The molecule has 0 atom stereocenters. The van der Waals surface area contributed by atoms with Gasteiger partial charge in [0.15, 0.2) is 0 Å². The number of nitrogens with one attached hydrogen (secondary N) is 2. The van der Waals surface area contributed by atoms with Crippen LogP contribution in [0.25, 0.3) is 0 Å². The number of carbonyl (C=O) groups excluding carboxylic acids is 1. The molecule has 0 spiro atoms. The third-order valence-electron chi connectivity index (χ3n) is 2.69. The highest BCUT2D eigenvalue weighted by Gasteiger charge is 2.03. The van der Waals surface area contributed by atoms with Crippen molar-refractivity contribution in [1.82, 2.24) is 15.5 Å². The van der Waals surface area contributed by atoms with Crippen molar-refractivity contribution in [3.63, 3.8) is 0 Å². The fourth-order valence-corrected chi connectivity index (χ4v) is 1.60. The van der Waals surface area contributed by atoms with Crippen molar-refractivity contribution in [3.05, 3.63) is 42.2 Å². The number of aromatic amines is 1. The minimum atomic E-state index is -0.0619. The summed E-state index contributed by atoms with van der Waals surface area (Å²) in [5.41, 5.74) is 0.870. The van der Waals surface area contributed by atoms with Gasteiger partial charge in [-0.15, -0.1) is 0 Å². The lowest BCUT2D eigenvalue weighted by Crippen LogP contribution is -2.24. The van der Waals surface area contributed by atoms with Crippen molar-refractivity contribution in [2.75, 3.05) is 13.7 Å². The van der Waals surface area contributed by atoms with E-state index in [0.29, 0.717) is 25.3 Å². The largest absolute Gasteiger partial charge is 0.497 e. The Morgan fingerprint density at radius 1 is 1.25 bits per heavy atom. The maximum atomic E-state index is 11.6. The number of benzene rings is 1. The molecule has 0 saturated carbocycles. The Hall–Kier alpha value is -2.50. The number of amides is 1. The maximum Gasteiger partial charge on any atom is 0.223 e. The van der Waals surface area contributed by atoms with Gasteiger partial charge in [-0.05, 0) is 30.3 Å². The summed E-state index contributed by atoms with van der Waals surface area (Å²) in [6, 6.07) is 9.05. The lowest BCUT2D eigenvalue weighted by Gasteiger charge is -2.07. The van der Waals surface area contributed by atoms with Crippen LogP contribution in [-0.4, -0.2) is 29.8 Å². The Labute approximate surface area is 117 Å². The van der Waals surface area contributed by atoms with Crippen molar-refractivity contribution in [1.29, 1.82) is 0 Å². The second kappa shape index (κ2) is 7.18. The molecule has 2 rings (SSSR count). The summed E-state index contributed by atoms with van der Waals surface area (Å²) in [4.78, 5) is 11.6. The predicted molar refractivity (Wildman–Crippen MR) is 73.5 cm³/mol. The first-order chi connectivity index (χ1) is 9.78. The summed E-state index contributed by atoms with van der Waals surface area (Å²) in [7, 11) is 1.61. The van der Waals surface area contributed by atoms with Crippen LogP contribution in [0.3, 0.4) is 0 Å². The van der Waals surface area contributed by atoms with Crippen molar-refractivity contribution in [2.45, 2.75) is 13.0 Å². The van der Waals surface area contributed by atoms with Gasteiger partial charge in [0.05, 0.1) is 32.4 Å². The minimum Gasteiger partial charge on any atom is -0.497 e. The zero-order chi connectivity index (χ0) is 14.2. The maximum absolute atomic E-state index is 11.6. The molecule has 0 aliphatic rings. The summed E-state index contributed by atoms with van der Waals surface area (Å²) in [5, 5.41) is 9.36. The number of hydrogen-bond acceptors (Lipinski definition) is 4. The van der Waals surface area contributed by atoms with Crippen molar-refractivity contribution in [3.8, 4) is 11.5 Å². The Morgan fingerprint density at radius 2 is 2.00 bits per heavy atom. The number of nitrogens with zero attached hydrogens (tertiary/aromatic N) is 1. The number of aromatic nitrogens is 2. The lowest BCUT2D eigenvalue weighted by atomic mass is 10.3. The van der Waals surface area contributed by atoms with E-state index in [1.165, 1.54) is 0 Å². The van der Waals surface area contributed by atoms with Crippen LogP contribution < -0.4 is 14.8 Å². The molecule has 0 radical (unpaired) electrons. The van der Waals surface area contributed by atoms with Crippen LogP contribution in [-0.2, 0) is 11.3 Å². The van der Waals surface area contributed by atoms with Gasteiger partial charge >= 0.3 is 0 Å². The molecule has 2 aromatic rings. The third-order valence-corrected chi connectivity index (χ3v) is 2.69. The van der Waals surface area contributed by atoms with Crippen LogP contribution in [0.2, 0.25) is 0 Å². The van der Waals surface area contributed by atoms with Gasteiger partial charge < -0.3 is 14.8 Å². The van der Waals surface area contributed by atoms with E-state index < -0.39 is 0 Å². The first-order valence-electron chi connectivity index (χ1n) is 6.30. The first kappa shape index (κ1) is 13.9. The van der Waals surface area contributed by atoms with Crippen molar-refractivity contribution < 1.29 is 14.3 Å². The molecule has 0 saturated heterocycles. The molecule has 6 nitrogen and oxygen atoms in total. The molecule has 20 heavy (non-hydrogen) atoms. The molecule has 0 unspecified atom stereocenters. The molecule has 0 fully saturated rings. The molecule has 1 heterocycles. The van der Waals surface area contributed by atoms with E-state index in [2.05, 4.69) is 15.5 Å². The number of hydrogen-bond donors (Lipinski definition) is 2. The van der Waals surface area contributed by atoms with Crippen molar-refractivity contribution >= 4 is 5.91 Å². The predicted octanol–water partition coefficient (Wildman–Crippen LogP) is 1.50. The summed E-state index contributed by atoms with van der Waals surface area (Å²) in [5.74, 6) is 1.43. The summed E-state index contributed by atoms with van der Waals surface area (Å²) in [6.45, 7) is 0.780. The van der Waals surface area contributed by atoms with E-state index in [9.17, 15) is 4.79 Å². The van der Waals surface area contributed by atoms with Gasteiger partial charge in [0.1, 0.15) is 11.5 Å². The van der Waals surface area contributed by atoms with E-state index >= 15 is 0 Å². The Bertz CT molecular complexity index is 523. The minimum absolute atomic E-state index is 0.0619. The van der Waals surface area contributed by atoms with Crippen LogP contribution in [0.1, 0.15) is 12.1 Å². The van der Waals surface area contributed by atoms with Crippen molar-refractivity contribution in [2.24, 2.45) is 0 Å². The molecular formula is C14H17N3O3. The number of carbonyl (C=O) groups is 1. The van der Waals surface area contributed by atoms with Gasteiger partial charge in [-0.3, -0.25) is 9.89 Å². The van der Waals surface area contributed by atoms with E-state index in [4.69, 9.17) is 9.47 Å². The molecule has 1 aromatic heterocycles.